The van der Waals surface area contributed by atoms with Crippen LogP contribution in [-0.2, 0) is 0 Å². The van der Waals surface area contributed by atoms with Gasteiger partial charge in [-0.1, -0.05) is 30.3 Å². The van der Waals surface area contributed by atoms with E-state index in [1.165, 1.54) is 0 Å². The molecule has 0 aliphatic heterocycles. The Morgan fingerprint density at radius 1 is 1.54 bits per heavy atom. The summed E-state index contributed by atoms with van der Waals surface area (Å²) in [6.45, 7) is 5.50. The molecule has 0 heterocycles. The first-order valence-corrected chi connectivity index (χ1v) is 4.01. The third kappa shape index (κ3) is 10.9. The molecule has 0 radical (unpaired) electrons. The summed E-state index contributed by atoms with van der Waals surface area (Å²) >= 11 is 5.66. The first kappa shape index (κ1) is 14.5. The molecule has 0 aromatic carbocycles. The average molecular weight is 202 g/mol. The minimum Gasteiger partial charge on any atom is -0.255 e. The van der Waals surface area contributed by atoms with Gasteiger partial charge in [0.05, 0.1) is 19.7 Å². The standard InChI is InChI=1S/C9H10ClN.CH3F/c1-3-9(10)5-4-8(2)6-7-11;1-2/h3-5H,2,6H2,1H3;1H3/b5-4-,9-3+;. The number of nitrogens with zero attached hydrogens (tertiary/aromatic N) is 1. The number of nitriles is 1. The Morgan fingerprint density at radius 3 is 2.46 bits per heavy atom. The lowest BCUT2D eigenvalue weighted by atomic mass is 10.2. The molecule has 0 rings (SSSR count). The molecule has 0 bridgehead atoms. The van der Waals surface area contributed by atoms with Gasteiger partial charge in [-0.25, -0.2) is 0 Å². The second-order valence-electron chi connectivity index (χ2n) is 2.00. The van der Waals surface area contributed by atoms with Gasteiger partial charge in [0, 0.05) is 5.03 Å². The Bertz CT molecular complexity index is 236. The summed E-state index contributed by atoms with van der Waals surface area (Å²) in [6.07, 6.45) is 5.59. The molecule has 0 N–H and O–H groups in total. The lowest BCUT2D eigenvalue weighted by molar-refractivity contribution is 0.636. The van der Waals surface area contributed by atoms with Crippen LogP contribution in [0.4, 0.5) is 4.39 Å². The van der Waals surface area contributed by atoms with E-state index in [2.05, 4.69) is 6.58 Å². The second-order valence-corrected chi connectivity index (χ2v) is 2.44. The summed E-state index contributed by atoms with van der Waals surface area (Å²) < 4.78 is 9.50. The molecule has 0 saturated heterocycles. The van der Waals surface area contributed by atoms with Crippen molar-refractivity contribution < 1.29 is 4.39 Å². The highest BCUT2D eigenvalue weighted by atomic mass is 35.5. The molecule has 0 aliphatic carbocycles. The van der Waals surface area contributed by atoms with Crippen molar-refractivity contribution in [2.24, 2.45) is 0 Å². The maximum absolute atomic E-state index is 9.50. The Labute approximate surface area is 83.8 Å². The van der Waals surface area contributed by atoms with E-state index >= 15 is 0 Å². The second kappa shape index (κ2) is 10.9. The van der Waals surface area contributed by atoms with Crippen LogP contribution in [0.3, 0.4) is 0 Å². The van der Waals surface area contributed by atoms with Gasteiger partial charge < -0.3 is 0 Å². The summed E-state index contributed by atoms with van der Waals surface area (Å²) in [5.74, 6) is 0. The summed E-state index contributed by atoms with van der Waals surface area (Å²) in [4.78, 5) is 0. The fraction of sp³-hybridized carbons (Fsp3) is 0.300. The molecule has 3 heteroatoms. The zero-order valence-corrected chi connectivity index (χ0v) is 8.61. The van der Waals surface area contributed by atoms with Crippen LogP contribution >= 0.6 is 11.6 Å². The topological polar surface area (TPSA) is 23.8 Å². The predicted molar refractivity (Wildman–Crippen MR) is 55.2 cm³/mol. The maximum atomic E-state index is 9.50. The highest BCUT2D eigenvalue weighted by molar-refractivity contribution is 6.31. The molecule has 0 atom stereocenters. The molecule has 72 valence electrons. The van der Waals surface area contributed by atoms with Gasteiger partial charge in [-0.2, -0.15) is 5.26 Å². The third-order valence-corrected chi connectivity index (χ3v) is 1.40. The fourth-order valence-corrected chi connectivity index (χ4v) is 0.517. The number of rotatable bonds is 3. The number of alkyl halides is 1. The van der Waals surface area contributed by atoms with Crippen molar-refractivity contribution >= 4 is 11.6 Å². The van der Waals surface area contributed by atoms with E-state index in [9.17, 15) is 4.39 Å². The number of hydrogen-bond donors (Lipinski definition) is 0. The van der Waals surface area contributed by atoms with Crippen molar-refractivity contribution in [3.63, 3.8) is 0 Å². The van der Waals surface area contributed by atoms with E-state index in [1.807, 2.05) is 13.0 Å². The van der Waals surface area contributed by atoms with Crippen LogP contribution in [0.15, 0.2) is 35.4 Å². The van der Waals surface area contributed by atoms with Crippen LogP contribution < -0.4 is 0 Å². The Balaban J connectivity index is 0. The van der Waals surface area contributed by atoms with Crippen LogP contribution in [0.1, 0.15) is 13.3 Å². The minimum absolute atomic E-state index is 0.352. The van der Waals surface area contributed by atoms with Crippen molar-refractivity contribution in [1.29, 1.82) is 5.26 Å². The van der Waals surface area contributed by atoms with Gasteiger partial charge in [0.2, 0.25) is 0 Å². The van der Waals surface area contributed by atoms with Gasteiger partial charge in [-0.05, 0) is 18.6 Å². The van der Waals surface area contributed by atoms with E-state index in [4.69, 9.17) is 16.9 Å². The van der Waals surface area contributed by atoms with E-state index < -0.39 is 0 Å². The van der Waals surface area contributed by atoms with Crippen molar-refractivity contribution in [2.45, 2.75) is 13.3 Å². The van der Waals surface area contributed by atoms with Gasteiger partial charge >= 0.3 is 0 Å². The van der Waals surface area contributed by atoms with Crippen LogP contribution in [0, 0.1) is 11.3 Å². The lowest BCUT2D eigenvalue weighted by Crippen LogP contribution is -1.71. The summed E-state index contributed by atoms with van der Waals surface area (Å²) in [7, 11) is 0.500. The van der Waals surface area contributed by atoms with Crippen molar-refractivity contribution in [2.75, 3.05) is 7.18 Å². The molecule has 13 heavy (non-hydrogen) atoms. The zero-order chi connectivity index (χ0) is 10.7. The maximum Gasteiger partial charge on any atom is 0.0785 e. The zero-order valence-electron chi connectivity index (χ0n) is 7.85. The molecule has 0 aromatic rings. The Morgan fingerprint density at radius 2 is 2.08 bits per heavy atom. The summed E-state index contributed by atoms with van der Waals surface area (Å²) in [6, 6.07) is 2.00. The van der Waals surface area contributed by atoms with Gasteiger partial charge in [-0.15, -0.1) is 0 Å². The van der Waals surface area contributed by atoms with Gasteiger partial charge in [0.25, 0.3) is 0 Å². The Hall–Kier alpha value is -1.07. The molecule has 0 spiro atoms. The molecule has 0 amide bonds. The first-order chi connectivity index (χ1) is 6.20. The number of allylic oxidation sites excluding steroid dienone is 5. The van der Waals surface area contributed by atoms with Crippen molar-refractivity contribution in [3.8, 4) is 6.07 Å². The van der Waals surface area contributed by atoms with Crippen molar-refractivity contribution in [1.82, 2.24) is 0 Å². The number of halogens is 2. The van der Waals surface area contributed by atoms with Crippen LogP contribution in [-0.4, -0.2) is 7.18 Å². The van der Waals surface area contributed by atoms with Crippen molar-refractivity contribution in [3.05, 3.63) is 35.4 Å². The average Bonchev–Trinajstić information content (AvgIpc) is 2.18. The molecule has 1 nitrogen and oxygen atoms in total. The van der Waals surface area contributed by atoms with Gasteiger partial charge in [-0.3, -0.25) is 4.39 Å². The van der Waals surface area contributed by atoms with Crippen LogP contribution in [0.2, 0.25) is 0 Å². The highest BCUT2D eigenvalue weighted by Crippen LogP contribution is 2.06. The number of hydrogen-bond acceptors (Lipinski definition) is 1. The summed E-state index contributed by atoms with van der Waals surface area (Å²) in [5, 5.41) is 8.92. The lowest BCUT2D eigenvalue weighted by Gasteiger charge is -1.88. The monoisotopic (exact) mass is 201 g/mol. The molecular formula is C10H13ClFN. The van der Waals surface area contributed by atoms with E-state index in [0.29, 0.717) is 18.6 Å². The highest BCUT2D eigenvalue weighted by Gasteiger charge is 1.85. The predicted octanol–water partition coefficient (Wildman–Crippen LogP) is 3.74. The molecule has 0 aromatic heterocycles. The van der Waals surface area contributed by atoms with Gasteiger partial charge in [0.15, 0.2) is 0 Å². The largest absolute Gasteiger partial charge is 0.255 e. The molecule has 0 unspecified atom stereocenters. The molecule has 0 fully saturated rings. The van der Waals surface area contributed by atoms with E-state index in [1.54, 1.807) is 18.2 Å². The fourth-order valence-electron chi connectivity index (χ4n) is 0.454. The van der Waals surface area contributed by atoms with E-state index in [-0.39, 0.29) is 0 Å². The first-order valence-electron chi connectivity index (χ1n) is 3.63. The Kier molecular flexibility index (Phi) is 12.2. The SMILES string of the molecule is C=C(/C=C\C(Cl)=C/C)CC#N.CF. The minimum atomic E-state index is 0.352. The molecule has 0 aliphatic rings. The molecule has 0 saturated carbocycles. The van der Waals surface area contributed by atoms with Gasteiger partial charge in [0.1, 0.15) is 0 Å². The third-order valence-electron chi connectivity index (χ3n) is 1.06. The van der Waals surface area contributed by atoms with Crippen LogP contribution in [0.5, 0.6) is 0 Å². The van der Waals surface area contributed by atoms with Crippen LogP contribution in [0.25, 0.3) is 0 Å². The molecular weight excluding hydrogens is 189 g/mol. The normalized spacial score (nSPS) is 10.2. The quantitative estimate of drug-likeness (QED) is 0.639. The smallest absolute Gasteiger partial charge is 0.0785 e. The summed E-state index contributed by atoms with van der Waals surface area (Å²) in [5.41, 5.74) is 0.771. The van der Waals surface area contributed by atoms with E-state index in [0.717, 1.165) is 5.57 Å².